The van der Waals surface area contributed by atoms with Crippen LogP contribution in [0, 0.1) is 11.8 Å². The minimum atomic E-state index is 0.262. The van der Waals surface area contributed by atoms with E-state index in [9.17, 15) is 4.79 Å². The van der Waals surface area contributed by atoms with Crippen LogP contribution in [-0.4, -0.2) is 24.8 Å². The SMILES string of the molecule is CC1NCCC1C1CCCCC1.N/N=C(\N)c1ccc(NC=O)cc1. The lowest BCUT2D eigenvalue weighted by molar-refractivity contribution is -0.105. The fourth-order valence-electron chi connectivity index (χ4n) is 3.97. The summed E-state index contributed by atoms with van der Waals surface area (Å²) in [5.74, 6) is 7.32. The molecule has 1 aromatic carbocycles. The van der Waals surface area contributed by atoms with Gasteiger partial charge in [0.2, 0.25) is 6.41 Å². The van der Waals surface area contributed by atoms with Gasteiger partial charge in [0.25, 0.3) is 0 Å². The number of nitrogens with one attached hydrogen (secondary N) is 2. The summed E-state index contributed by atoms with van der Waals surface area (Å²) >= 11 is 0. The summed E-state index contributed by atoms with van der Waals surface area (Å²) in [7, 11) is 0. The third-order valence-corrected chi connectivity index (χ3v) is 5.39. The van der Waals surface area contributed by atoms with Crippen molar-refractivity contribution in [2.75, 3.05) is 11.9 Å². The molecular formula is C19H31N5O. The lowest BCUT2D eigenvalue weighted by Crippen LogP contribution is -2.29. The van der Waals surface area contributed by atoms with Gasteiger partial charge >= 0.3 is 0 Å². The van der Waals surface area contributed by atoms with Gasteiger partial charge in [-0.3, -0.25) is 4.79 Å². The minimum absolute atomic E-state index is 0.262. The molecule has 6 N–H and O–H groups in total. The monoisotopic (exact) mass is 345 g/mol. The van der Waals surface area contributed by atoms with E-state index in [1.807, 2.05) is 0 Å². The van der Waals surface area contributed by atoms with E-state index in [-0.39, 0.29) is 5.84 Å². The molecule has 1 saturated heterocycles. The van der Waals surface area contributed by atoms with Crippen LogP contribution in [0.15, 0.2) is 29.4 Å². The highest BCUT2D eigenvalue weighted by Gasteiger charge is 2.30. The third kappa shape index (κ3) is 5.74. The molecule has 2 atom stereocenters. The molecule has 2 unspecified atom stereocenters. The predicted molar refractivity (Wildman–Crippen MR) is 103 cm³/mol. The van der Waals surface area contributed by atoms with E-state index in [2.05, 4.69) is 22.7 Å². The number of amides is 1. The van der Waals surface area contributed by atoms with Gasteiger partial charge in [0, 0.05) is 17.3 Å². The van der Waals surface area contributed by atoms with E-state index in [1.165, 1.54) is 45.1 Å². The Hall–Kier alpha value is -2.08. The van der Waals surface area contributed by atoms with Crippen LogP contribution in [0.1, 0.15) is 51.0 Å². The van der Waals surface area contributed by atoms with Gasteiger partial charge in [0.1, 0.15) is 5.84 Å². The molecule has 3 rings (SSSR count). The number of nitrogens with two attached hydrogens (primary N) is 2. The zero-order valence-electron chi connectivity index (χ0n) is 15.1. The molecule has 0 radical (unpaired) electrons. The predicted octanol–water partition coefficient (Wildman–Crippen LogP) is 2.40. The molecule has 0 bridgehead atoms. The van der Waals surface area contributed by atoms with Crippen LogP contribution in [0.2, 0.25) is 0 Å². The Kier molecular flexibility index (Phi) is 7.73. The molecule has 6 heteroatoms. The molecule has 1 aromatic rings. The van der Waals surface area contributed by atoms with Gasteiger partial charge in [-0.05, 0) is 56.0 Å². The first-order chi connectivity index (χ1) is 12.2. The molecule has 1 saturated carbocycles. The number of rotatable bonds is 4. The Labute approximate surface area is 150 Å². The molecule has 25 heavy (non-hydrogen) atoms. The van der Waals surface area contributed by atoms with Crippen molar-refractivity contribution < 1.29 is 4.79 Å². The van der Waals surface area contributed by atoms with E-state index in [4.69, 9.17) is 11.6 Å². The molecule has 1 amide bonds. The molecule has 0 spiro atoms. The maximum atomic E-state index is 10.1. The fourth-order valence-corrected chi connectivity index (χ4v) is 3.97. The maximum absolute atomic E-state index is 10.1. The van der Waals surface area contributed by atoms with Gasteiger partial charge in [-0.1, -0.05) is 32.1 Å². The number of amidine groups is 1. The van der Waals surface area contributed by atoms with E-state index in [0.717, 1.165) is 23.4 Å². The van der Waals surface area contributed by atoms with E-state index >= 15 is 0 Å². The first-order valence-electron chi connectivity index (χ1n) is 9.23. The van der Waals surface area contributed by atoms with Crippen molar-refractivity contribution in [3.8, 4) is 0 Å². The number of nitrogens with zero attached hydrogens (tertiary/aromatic N) is 1. The zero-order valence-corrected chi connectivity index (χ0v) is 15.1. The lowest BCUT2D eigenvalue weighted by Gasteiger charge is -2.29. The largest absolute Gasteiger partial charge is 0.382 e. The quantitative estimate of drug-likeness (QED) is 0.221. The van der Waals surface area contributed by atoms with E-state index in [0.29, 0.717) is 12.1 Å². The van der Waals surface area contributed by atoms with Crippen LogP contribution < -0.4 is 22.2 Å². The second kappa shape index (κ2) is 10.0. The summed E-state index contributed by atoms with van der Waals surface area (Å²) in [6.07, 6.45) is 9.54. The summed E-state index contributed by atoms with van der Waals surface area (Å²) in [5.41, 5.74) is 6.87. The van der Waals surface area contributed by atoms with Crippen molar-refractivity contribution in [1.29, 1.82) is 0 Å². The van der Waals surface area contributed by atoms with Gasteiger partial charge in [-0.15, -0.1) is 0 Å². The molecule has 6 nitrogen and oxygen atoms in total. The smallest absolute Gasteiger partial charge is 0.211 e. The second-order valence-electron chi connectivity index (χ2n) is 6.95. The third-order valence-electron chi connectivity index (χ3n) is 5.39. The van der Waals surface area contributed by atoms with Crippen molar-refractivity contribution in [3.63, 3.8) is 0 Å². The van der Waals surface area contributed by atoms with Crippen molar-refractivity contribution in [1.82, 2.24) is 5.32 Å². The molecule has 1 aliphatic heterocycles. The van der Waals surface area contributed by atoms with Crippen molar-refractivity contribution in [3.05, 3.63) is 29.8 Å². The topological polar surface area (TPSA) is 106 Å². The summed E-state index contributed by atoms with van der Waals surface area (Å²) in [5, 5.41) is 9.40. The van der Waals surface area contributed by atoms with E-state index < -0.39 is 0 Å². The fraction of sp³-hybridized carbons (Fsp3) is 0.579. The first-order valence-corrected chi connectivity index (χ1v) is 9.23. The highest BCUT2D eigenvalue weighted by Crippen LogP contribution is 2.35. The Balaban J connectivity index is 0.000000181. The standard InChI is InChI=1S/C11H21N.C8H10N4O/c1-9-11(7-8-12-9)10-5-3-2-4-6-10;9-8(12-10)6-1-3-7(4-2-6)11-5-13/h9-12H,2-8H2,1H3;1-5H,10H2,(H2,9,12)(H,11,13). The number of carbonyl (C=O) groups is 1. The summed E-state index contributed by atoms with van der Waals surface area (Å²) in [4.78, 5) is 10.1. The molecular weight excluding hydrogens is 314 g/mol. The molecule has 2 fully saturated rings. The van der Waals surface area contributed by atoms with Crippen LogP contribution in [0.4, 0.5) is 5.69 Å². The molecule has 0 aromatic heterocycles. The molecule has 1 heterocycles. The van der Waals surface area contributed by atoms with Crippen LogP contribution in [0.3, 0.4) is 0 Å². The van der Waals surface area contributed by atoms with Crippen LogP contribution in [-0.2, 0) is 4.79 Å². The number of anilines is 1. The molecule has 1 aliphatic carbocycles. The van der Waals surface area contributed by atoms with Crippen molar-refractivity contribution in [2.45, 2.75) is 51.5 Å². The average Bonchev–Trinajstić information content (AvgIpc) is 3.09. The van der Waals surface area contributed by atoms with E-state index in [1.54, 1.807) is 24.3 Å². The Bertz CT molecular complexity index is 551. The average molecular weight is 345 g/mol. The molecule has 138 valence electrons. The maximum Gasteiger partial charge on any atom is 0.211 e. The normalized spacial score (nSPS) is 24.3. The number of hydrogen-bond acceptors (Lipinski definition) is 4. The Morgan fingerprint density at radius 2 is 1.88 bits per heavy atom. The Morgan fingerprint density at radius 1 is 1.20 bits per heavy atom. The number of carbonyl (C=O) groups excluding carboxylic acids is 1. The van der Waals surface area contributed by atoms with Gasteiger partial charge in [0.15, 0.2) is 0 Å². The van der Waals surface area contributed by atoms with Crippen molar-refractivity contribution >= 4 is 17.9 Å². The van der Waals surface area contributed by atoms with Gasteiger partial charge < -0.3 is 22.2 Å². The van der Waals surface area contributed by atoms with Gasteiger partial charge in [-0.25, -0.2) is 0 Å². The number of benzene rings is 1. The van der Waals surface area contributed by atoms with Gasteiger partial charge in [-0.2, -0.15) is 5.10 Å². The Morgan fingerprint density at radius 3 is 2.40 bits per heavy atom. The number of hydrazone groups is 1. The van der Waals surface area contributed by atoms with Gasteiger partial charge in [0.05, 0.1) is 0 Å². The van der Waals surface area contributed by atoms with Crippen molar-refractivity contribution in [2.24, 2.45) is 28.5 Å². The number of hydrogen-bond donors (Lipinski definition) is 4. The van der Waals surface area contributed by atoms with Crippen LogP contribution >= 0.6 is 0 Å². The lowest BCUT2D eigenvalue weighted by atomic mass is 9.77. The molecule has 2 aliphatic rings. The van der Waals surface area contributed by atoms with Crippen LogP contribution in [0.5, 0.6) is 0 Å². The highest BCUT2D eigenvalue weighted by atomic mass is 16.1. The zero-order chi connectivity index (χ0) is 18.1. The summed E-state index contributed by atoms with van der Waals surface area (Å²) < 4.78 is 0. The summed E-state index contributed by atoms with van der Waals surface area (Å²) in [6, 6.07) is 7.66. The minimum Gasteiger partial charge on any atom is -0.382 e. The first kappa shape index (κ1) is 19.2. The summed E-state index contributed by atoms with van der Waals surface area (Å²) in [6.45, 7) is 3.63. The highest BCUT2D eigenvalue weighted by molar-refractivity contribution is 5.97. The second-order valence-corrected chi connectivity index (χ2v) is 6.95. The van der Waals surface area contributed by atoms with Crippen LogP contribution in [0.25, 0.3) is 0 Å².